The standard InChI is InChI=1S/C27H26N2O2/c1-18-25-22(21-15-9-10-16-23(21)28-25)17-24(27(30)31-2)29(18)26(19-11-5-3-6-12-19)20-13-7-4-8-14-20/h3-16,18,24,26,28H,17H2,1-2H3/t18-,24-/m0/s1. The van der Waals surface area contributed by atoms with Crippen LogP contribution in [0.2, 0.25) is 0 Å². The molecule has 2 atom stereocenters. The molecule has 4 aromatic rings. The van der Waals surface area contributed by atoms with Gasteiger partial charge in [-0.2, -0.15) is 0 Å². The van der Waals surface area contributed by atoms with Crippen LogP contribution in [0.4, 0.5) is 0 Å². The third-order valence-corrected chi connectivity index (χ3v) is 6.47. The molecule has 3 aromatic carbocycles. The van der Waals surface area contributed by atoms with Crippen molar-refractivity contribution in [1.29, 1.82) is 0 Å². The zero-order valence-corrected chi connectivity index (χ0v) is 17.8. The minimum absolute atomic E-state index is 0.00524. The molecule has 156 valence electrons. The number of esters is 1. The van der Waals surface area contributed by atoms with Gasteiger partial charge in [0.25, 0.3) is 0 Å². The average Bonchev–Trinajstić information content (AvgIpc) is 3.20. The van der Waals surface area contributed by atoms with E-state index in [4.69, 9.17) is 4.74 Å². The SMILES string of the molecule is COC(=O)[C@@H]1Cc2c([nH]c3ccccc23)[C@H](C)N1C(c1ccccc1)c1ccccc1. The van der Waals surface area contributed by atoms with Gasteiger partial charge in [-0.05, 0) is 29.7 Å². The van der Waals surface area contributed by atoms with Gasteiger partial charge in [0.05, 0.1) is 13.2 Å². The van der Waals surface area contributed by atoms with Crippen molar-refractivity contribution >= 4 is 16.9 Å². The van der Waals surface area contributed by atoms with E-state index < -0.39 is 0 Å². The number of hydrogen-bond acceptors (Lipinski definition) is 3. The summed E-state index contributed by atoms with van der Waals surface area (Å²) in [6.45, 7) is 2.18. The van der Waals surface area contributed by atoms with Crippen LogP contribution in [0.15, 0.2) is 84.9 Å². The minimum Gasteiger partial charge on any atom is -0.468 e. The van der Waals surface area contributed by atoms with Crippen LogP contribution in [0, 0.1) is 0 Å². The van der Waals surface area contributed by atoms with Gasteiger partial charge in [0.1, 0.15) is 6.04 Å². The zero-order chi connectivity index (χ0) is 21.4. The molecule has 1 N–H and O–H groups in total. The molecular formula is C27H26N2O2. The normalized spacial score (nSPS) is 18.8. The number of hydrogen-bond donors (Lipinski definition) is 1. The van der Waals surface area contributed by atoms with Crippen molar-refractivity contribution < 1.29 is 9.53 Å². The molecule has 31 heavy (non-hydrogen) atoms. The molecule has 0 saturated heterocycles. The topological polar surface area (TPSA) is 45.3 Å². The molecule has 0 unspecified atom stereocenters. The van der Waals surface area contributed by atoms with E-state index in [1.807, 2.05) is 18.2 Å². The molecule has 1 aromatic heterocycles. The fourth-order valence-electron chi connectivity index (χ4n) is 5.07. The number of carbonyl (C=O) groups excluding carboxylic acids is 1. The molecule has 0 spiro atoms. The summed E-state index contributed by atoms with van der Waals surface area (Å²) < 4.78 is 5.30. The van der Waals surface area contributed by atoms with Gasteiger partial charge in [0, 0.05) is 29.1 Å². The molecule has 4 heteroatoms. The van der Waals surface area contributed by atoms with E-state index in [9.17, 15) is 4.79 Å². The van der Waals surface area contributed by atoms with Gasteiger partial charge >= 0.3 is 5.97 Å². The van der Waals surface area contributed by atoms with Crippen LogP contribution < -0.4 is 0 Å². The summed E-state index contributed by atoms with van der Waals surface area (Å²) in [6, 6.07) is 28.7. The number of nitrogens with one attached hydrogen (secondary N) is 1. The molecule has 0 amide bonds. The van der Waals surface area contributed by atoms with Gasteiger partial charge < -0.3 is 9.72 Å². The van der Waals surface area contributed by atoms with Crippen molar-refractivity contribution in [2.45, 2.75) is 31.5 Å². The summed E-state index contributed by atoms with van der Waals surface area (Å²) >= 11 is 0. The summed E-state index contributed by atoms with van der Waals surface area (Å²) in [7, 11) is 1.48. The van der Waals surface area contributed by atoms with E-state index in [-0.39, 0.29) is 24.1 Å². The Morgan fingerprint density at radius 3 is 2.13 bits per heavy atom. The van der Waals surface area contributed by atoms with Crippen LogP contribution in [0.1, 0.15) is 41.4 Å². The van der Waals surface area contributed by atoms with Crippen molar-refractivity contribution in [2.75, 3.05) is 7.11 Å². The van der Waals surface area contributed by atoms with Crippen LogP contribution in [0.3, 0.4) is 0 Å². The quantitative estimate of drug-likeness (QED) is 0.457. The van der Waals surface area contributed by atoms with Crippen molar-refractivity contribution in [1.82, 2.24) is 9.88 Å². The number of carbonyl (C=O) groups is 1. The fourth-order valence-corrected chi connectivity index (χ4v) is 5.07. The fraction of sp³-hybridized carbons (Fsp3) is 0.222. The number of H-pyrrole nitrogens is 1. The molecule has 5 rings (SSSR count). The van der Waals surface area contributed by atoms with E-state index in [1.54, 1.807) is 0 Å². The van der Waals surface area contributed by atoms with Gasteiger partial charge in [-0.25, -0.2) is 0 Å². The second kappa shape index (κ2) is 8.05. The van der Waals surface area contributed by atoms with E-state index in [2.05, 4.69) is 83.5 Å². The van der Waals surface area contributed by atoms with Crippen LogP contribution in [-0.2, 0) is 16.0 Å². The summed E-state index contributed by atoms with van der Waals surface area (Å²) in [4.78, 5) is 19.0. The number of benzene rings is 3. The number of aromatic amines is 1. The highest BCUT2D eigenvalue weighted by molar-refractivity contribution is 5.87. The van der Waals surface area contributed by atoms with E-state index >= 15 is 0 Å². The molecule has 0 radical (unpaired) electrons. The van der Waals surface area contributed by atoms with E-state index in [0.29, 0.717) is 6.42 Å². The smallest absolute Gasteiger partial charge is 0.323 e. The molecule has 0 fully saturated rings. The molecule has 2 heterocycles. The Bertz CT molecular complexity index is 1160. The second-order valence-electron chi connectivity index (χ2n) is 8.15. The van der Waals surface area contributed by atoms with Gasteiger partial charge in [-0.15, -0.1) is 0 Å². The Morgan fingerprint density at radius 2 is 1.52 bits per heavy atom. The molecule has 4 nitrogen and oxygen atoms in total. The van der Waals surface area contributed by atoms with Crippen molar-refractivity contribution in [2.24, 2.45) is 0 Å². The summed E-state index contributed by atoms with van der Waals surface area (Å²) in [6.07, 6.45) is 0.618. The lowest BCUT2D eigenvalue weighted by atomic mass is 9.87. The van der Waals surface area contributed by atoms with Gasteiger partial charge in [-0.1, -0.05) is 78.9 Å². The monoisotopic (exact) mass is 410 g/mol. The number of nitrogens with zero attached hydrogens (tertiary/aromatic N) is 1. The first-order chi connectivity index (χ1) is 15.2. The van der Waals surface area contributed by atoms with Crippen molar-refractivity contribution in [3.63, 3.8) is 0 Å². The number of ether oxygens (including phenoxy) is 1. The minimum atomic E-state index is -0.378. The summed E-state index contributed by atoms with van der Waals surface area (Å²) in [5.41, 5.74) is 5.83. The first-order valence-electron chi connectivity index (χ1n) is 10.7. The maximum atomic E-state index is 13.1. The Labute approximate surface area is 182 Å². The summed E-state index contributed by atoms with van der Waals surface area (Å²) in [5.74, 6) is -0.195. The lowest BCUT2D eigenvalue weighted by Gasteiger charge is -2.44. The second-order valence-corrected chi connectivity index (χ2v) is 8.15. The lowest BCUT2D eigenvalue weighted by Crippen LogP contribution is -2.49. The Morgan fingerprint density at radius 1 is 0.935 bits per heavy atom. The number of fused-ring (bicyclic) bond motifs is 3. The maximum Gasteiger partial charge on any atom is 0.323 e. The third kappa shape index (κ3) is 3.33. The van der Waals surface area contributed by atoms with Crippen molar-refractivity contribution in [3.05, 3.63) is 107 Å². The number of rotatable bonds is 4. The van der Waals surface area contributed by atoms with Gasteiger partial charge in [0.2, 0.25) is 0 Å². The third-order valence-electron chi connectivity index (χ3n) is 6.47. The number of aromatic nitrogens is 1. The first-order valence-corrected chi connectivity index (χ1v) is 10.7. The molecule has 1 aliphatic rings. The van der Waals surface area contributed by atoms with Gasteiger partial charge in [0.15, 0.2) is 0 Å². The first kappa shape index (κ1) is 19.6. The predicted molar refractivity (Wildman–Crippen MR) is 123 cm³/mol. The highest BCUT2D eigenvalue weighted by atomic mass is 16.5. The highest BCUT2D eigenvalue weighted by Gasteiger charge is 2.43. The highest BCUT2D eigenvalue weighted by Crippen LogP contribution is 2.44. The molecule has 1 aliphatic heterocycles. The molecule has 0 aliphatic carbocycles. The molecular weight excluding hydrogens is 384 g/mol. The number of para-hydroxylation sites is 1. The predicted octanol–water partition coefficient (Wildman–Crippen LogP) is 5.42. The van der Waals surface area contributed by atoms with Crippen molar-refractivity contribution in [3.8, 4) is 0 Å². The maximum absolute atomic E-state index is 13.1. The molecule has 0 bridgehead atoms. The molecule has 0 saturated carbocycles. The Hall–Kier alpha value is -3.37. The van der Waals surface area contributed by atoms with Crippen LogP contribution in [0.5, 0.6) is 0 Å². The largest absolute Gasteiger partial charge is 0.468 e. The summed E-state index contributed by atoms with van der Waals surface area (Å²) in [5, 5.41) is 1.19. The van der Waals surface area contributed by atoms with E-state index in [0.717, 1.165) is 16.6 Å². The van der Waals surface area contributed by atoms with Crippen LogP contribution in [-0.4, -0.2) is 29.0 Å². The Kier molecular flexibility index (Phi) is 5.08. The van der Waals surface area contributed by atoms with E-state index in [1.165, 1.54) is 23.8 Å². The van der Waals surface area contributed by atoms with Crippen LogP contribution >= 0.6 is 0 Å². The van der Waals surface area contributed by atoms with Crippen LogP contribution in [0.25, 0.3) is 10.9 Å². The zero-order valence-electron chi connectivity index (χ0n) is 17.8. The van der Waals surface area contributed by atoms with Gasteiger partial charge in [-0.3, -0.25) is 9.69 Å². The Balaban J connectivity index is 1.71. The average molecular weight is 411 g/mol. The number of methoxy groups -OCH3 is 1. The lowest BCUT2D eigenvalue weighted by molar-refractivity contribution is -0.149.